The summed E-state index contributed by atoms with van der Waals surface area (Å²) in [6.07, 6.45) is 3.16. The molecular formula is C34H31N7O2S. The van der Waals surface area contributed by atoms with Crippen molar-refractivity contribution in [2.45, 2.75) is 52.2 Å². The predicted molar refractivity (Wildman–Crippen MR) is 173 cm³/mol. The van der Waals surface area contributed by atoms with Gasteiger partial charge in [0.1, 0.15) is 11.5 Å². The van der Waals surface area contributed by atoms with Gasteiger partial charge in [0, 0.05) is 23.3 Å². The van der Waals surface area contributed by atoms with Crippen LogP contribution in [0.2, 0.25) is 0 Å². The molecular weight excluding hydrogens is 570 g/mol. The zero-order chi connectivity index (χ0) is 30.0. The van der Waals surface area contributed by atoms with Crippen molar-refractivity contribution in [1.29, 1.82) is 0 Å². The molecule has 0 saturated carbocycles. The maximum Gasteiger partial charge on any atom is 0.261 e. The van der Waals surface area contributed by atoms with Gasteiger partial charge in [0.15, 0.2) is 6.10 Å². The largest absolute Gasteiger partial charge is 0.387 e. The molecule has 3 aromatic heterocycles. The Morgan fingerprint density at radius 1 is 1.02 bits per heavy atom. The number of oxime groups is 1. The fourth-order valence-corrected chi connectivity index (χ4v) is 6.50. The van der Waals surface area contributed by atoms with E-state index in [1.807, 2.05) is 47.0 Å². The van der Waals surface area contributed by atoms with Crippen molar-refractivity contribution in [3.05, 3.63) is 116 Å². The quantitative estimate of drug-likeness (QED) is 0.194. The lowest BCUT2D eigenvalue weighted by Gasteiger charge is -2.15. The summed E-state index contributed by atoms with van der Waals surface area (Å²) in [5, 5.41) is 19.5. The summed E-state index contributed by atoms with van der Waals surface area (Å²) >= 11 is 1.71. The summed E-state index contributed by atoms with van der Waals surface area (Å²) < 4.78 is 1.83. The fourth-order valence-electron chi connectivity index (χ4n) is 5.64. The van der Waals surface area contributed by atoms with E-state index in [-0.39, 0.29) is 11.7 Å². The van der Waals surface area contributed by atoms with Gasteiger partial charge in [-0.15, -0.1) is 21.5 Å². The number of hydrogen-bond donors (Lipinski definition) is 1. The van der Waals surface area contributed by atoms with Crippen LogP contribution in [-0.4, -0.2) is 35.9 Å². The van der Waals surface area contributed by atoms with Crippen LogP contribution in [0, 0.1) is 6.92 Å². The molecule has 0 fully saturated rings. The van der Waals surface area contributed by atoms with E-state index in [0.29, 0.717) is 29.7 Å². The van der Waals surface area contributed by atoms with E-state index in [9.17, 15) is 4.79 Å². The molecule has 6 aromatic rings. The summed E-state index contributed by atoms with van der Waals surface area (Å²) in [5.74, 6) is 1.35. The minimum atomic E-state index is -0.229. The van der Waals surface area contributed by atoms with Gasteiger partial charge in [-0.25, -0.2) is 4.98 Å². The highest BCUT2D eigenvalue weighted by molar-refractivity contribution is 7.14. The smallest absolute Gasteiger partial charge is 0.261 e. The molecule has 4 heterocycles. The van der Waals surface area contributed by atoms with Gasteiger partial charge in [0.05, 0.1) is 22.3 Å². The minimum Gasteiger partial charge on any atom is -0.387 e. The molecule has 1 aliphatic heterocycles. The van der Waals surface area contributed by atoms with E-state index in [2.05, 4.69) is 76.0 Å². The first-order valence-electron chi connectivity index (χ1n) is 14.8. The molecule has 0 amide bonds. The molecule has 7 rings (SSSR count). The van der Waals surface area contributed by atoms with Gasteiger partial charge in [-0.2, -0.15) is 5.21 Å². The molecule has 0 bridgehead atoms. The third kappa shape index (κ3) is 5.44. The molecule has 10 heteroatoms. The van der Waals surface area contributed by atoms with E-state index in [0.717, 1.165) is 63.5 Å². The first-order valence-corrected chi connectivity index (χ1v) is 15.6. The van der Waals surface area contributed by atoms with Crippen LogP contribution in [0.25, 0.3) is 33.4 Å². The number of nitrogens with zero attached hydrogens (tertiary/aromatic N) is 6. The van der Waals surface area contributed by atoms with Crippen LogP contribution in [0.1, 0.15) is 59.0 Å². The molecule has 0 radical (unpaired) electrons. The Balaban J connectivity index is 1.19. The molecule has 0 spiro atoms. The number of tetrazole rings is 1. The second-order valence-corrected chi connectivity index (χ2v) is 12.3. The zero-order valence-electron chi connectivity index (χ0n) is 24.5. The van der Waals surface area contributed by atoms with Crippen molar-refractivity contribution < 1.29 is 4.84 Å². The predicted octanol–water partition coefficient (Wildman–Crippen LogP) is 6.87. The lowest BCUT2D eigenvalue weighted by molar-refractivity contribution is 0.0858. The second-order valence-electron chi connectivity index (χ2n) is 11.0. The topological polar surface area (TPSA) is 111 Å². The fraction of sp³-hybridized carbons (Fsp3) is 0.235. The molecule has 1 aliphatic rings. The number of benzene rings is 3. The van der Waals surface area contributed by atoms with E-state index in [1.165, 1.54) is 4.88 Å². The Morgan fingerprint density at radius 3 is 2.61 bits per heavy atom. The molecule has 3 aromatic carbocycles. The highest BCUT2D eigenvalue weighted by atomic mass is 32.1. The number of rotatable bonds is 9. The summed E-state index contributed by atoms with van der Waals surface area (Å²) in [6.45, 7) is 4.67. The highest BCUT2D eigenvalue weighted by Gasteiger charge is 2.25. The molecule has 9 nitrogen and oxygen atoms in total. The van der Waals surface area contributed by atoms with Gasteiger partial charge in [0.25, 0.3) is 5.56 Å². The van der Waals surface area contributed by atoms with E-state index in [4.69, 9.17) is 9.82 Å². The summed E-state index contributed by atoms with van der Waals surface area (Å²) in [4.78, 5) is 27.3. The van der Waals surface area contributed by atoms with Crippen LogP contribution in [0.5, 0.6) is 0 Å². The number of unbranched alkanes of at least 4 members (excludes halogenated alkanes) is 1. The number of nitrogens with one attached hydrogen (secondary N) is 1. The van der Waals surface area contributed by atoms with Crippen LogP contribution >= 0.6 is 11.3 Å². The normalized spacial score (nSPS) is 14.6. The van der Waals surface area contributed by atoms with Gasteiger partial charge in [0.2, 0.25) is 5.82 Å². The number of aromatic amines is 1. The van der Waals surface area contributed by atoms with Crippen LogP contribution in [0.4, 0.5) is 0 Å². The van der Waals surface area contributed by atoms with Crippen molar-refractivity contribution in [3.63, 3.8) is 0 Å². The first-order chi connectivity index (χ1) is 21.6. The van der Waals surface area contributed by atoms with Crippen LogP contribution in [0.3, 0.4) is 0 Å². The van der Waals surface area contributed by atoms with E-state index < -0.39 is 0 Å². The number of H-pyrrole nitrogens is 1. The maximum absolute atomic E-state index is 14.1. The molecule has 0 saturated heterocycles. The lowest BCUT2D eigenvalue weighted by atomic mass is 9.98. The van der Waals surface area contributed by atoms with Crippen molar-refractivity contribution in [1.82, 2.24) is 30.2 Å². The number of aryl methyl sites for hydroxylation is 2. The standard InChI is InChI=1S/C34H31N7O2S/c1-3-4-9-32-35-28-16-15-24(30-19-29(38-43-30)31-17-10-21(2)44-31)18-27(28)34(42)41(32)20-22-11-13-23(14-12-22)25-7-5-6-8-26(25)33-36-39-40-37-33/h5-8,10-18,30H,3-4,9,19-20H2,1-2H3,(H,36,37,39,40). The van der Waals surface area contributed by atoms with Crippen LogP contribution in [-0.2, 0) is 17.8 Å². The minimum absolute atomic E-state index is 0.0393. The third-order valence-electron chi connectivity index (χ3n) is 8.00. The van der Waals surface area contributed by atoms with E-state index in [1.54, 1.807) is 11.3 Å². The van der Waals surface area contributed by atoms with Gasteiger partial charge in [-0.1, -0.05) is 73.1 Å². The Morgan fingerprint density at radius 2 is 1.86 bits per heavy atom. The molecule has 1 N–H and O–H groups in total. The van der Waals surface area contributed by atoms with Crippen molar-refractivity contribution in [2.75, 3.05) is 0 Å². The first kappa shape index (κ1) is 27.8. The molecule has 1 unspecified atom stereocenters. The maximum atomic E-state index is 14.1. The molecule has 44 heavy (non-hydrogen) atoms. The Kier molecular flexibility index (Phi) is 7.57. The number of hydrogen-bond acceptors (Lipinski definition) is 8. The SMILES string of the molecule is CCCCc1nc2ccc(C3CC(c4ccc(C)s4)=NO3)cc2c(=O)n1Cc1ccc(-c2ccccc2-c2nn[nH]n2)cc1. The summed E-state index contributed by atoms with van der Waals surface area (Å²) in [6, 6.07) is 26.3. The number of fused-ring (bicyclic) bond motifs is 1. The van der Waals surface area contributed by atoms with Gasteiger partial charge >= 0.3 is 0 Å². The van der Waals surface area contributed by atoms with Crippen LogP contribution < -0.4 is 5.56 Å². The molecule has 220 valence electrons. The second kappa shape index (κ2) is 12.0. The molecule has 1 atom stereocenters. The Bertz CT molecular complexity index is 2030. The third-order valence-corrected chi connectivity index (χ3v) is 9.05. The van der Waals surface area contributed by atoms with E-state index >= 15 is 0 Å². The van der Waals surface area contributed by atoms with Crippen LogP contribution in [0.15, 0.2) is 88.8 Å². The summed E-state index contributed by atoms with van der Waals surface area (Å²) in [7, 11) is 0. The highest BCUT2D eigenvalue weighted by Crippen LogP contribution is 2.33. The van der Waals surface area contributed by atoms with Gasteiger partial charge in [-0.3, -0.25) is 9.36 Å². The average Bonchev–Trinajstić information content (AvgIpc) is 3.85. The Labute approximate surface area is 258 Å². The van der Waals surface area contributed by atoms with Crippen molar-refractivity contribution >= 4 is 28.0 Å². The zero-order valence-corrected chi connectivity index (χ0v) is 25.3. The summed E-state index contributed by atoms with van der Waals surface area (Å²) in [5.41, 5.74) is 6.51. The van der Waals surface area contributed by atoms with Gasteiger partial charge in [-0.05, 0) is 65.1 Å². The number of aromatic nitrogens is 6. The Hall–Kier alpha value is -4.96. The average molecular weight is 602 g/mol. The van der Waals surface area contributed by atoms with Crippen molar-refractivity contribution in [3.8, 4) is 22.5 Å². The number of thiophene rings is 1. The lowest BCUT2D eigenvalue weighted by Crippen LogP contribution is -2.26. The van der Waals surface area contributed by atoms with Crippen molar-refractivity contribution in [2.24, 2.45) is 5.16 Å². The van der Waals surface area contributed by atoms with Gasteiger partial charge < -0.3 is 4.84 Å². The monoisotopic (exact) mass is 601 g/mol. The molecule has 0 aliphatic carbocycles.